The topological polar surface area (TPSA) is 313 Å². The summed E-state index contributed by atoms with van der Waals surface area (Å²) >= 11 is 0. The van der Waals surface area contributed by atoms with Crippen molar-refractivity contribution >= 4 is 23.5 Å². The normalized spacial score (nSPS) is 29.8. The van der Waals surface area contributed by atoms with Crippen LogP contribution in [0.3, 0.4) is 0 Å². The van der Waals surface area contributed by atoms with E-state index in [9.17, 15) is 60.0 Å². The Morgan fingerprint density at radius 3 is 1.72 bits per heavy atom. The van der Waals surface area contributed by atoms with Crippen molar-refractivity contribution in [3.05, 3.63) is 0 Å². The molecule has 1 radical (unpaired) electrons. The molecule has 64 heavy (non-hydrogen) atoms. The Labute approximate surface area is 401 Å². The van der Waals surface area contributed by atoms with Crippen molar-refractivity contribution in [2.75, 3.05) is 60.3 Å². The van der Waals surface area contributed by atoms with E-state index < -0.39 is 80.7 Å². The van der Waals surface area contributed by atoms with Gasteiger partial charge in [0.15, 0.2) is 18.4 Å². The van der Waals surface area contributed by atoms with Gasteiger partial charge in [0.05, 0.1) is 38.0 Å². The number of carbonyl (C=O) groups excluding carboxylic acids is 4. The molecule has 3 fully saturated rings. The maximum atomic E-state index is 13.4. The molecule has 3 heterocycles. The molecule has 0 aliphatic carbocycles. The predicted molar refractivity (Wildman–Crippen MR) is 221 cm³/mol. The molecule has 3 aliphatic rings. The van der Waals surface area contributed by atoms with Gasteiger partial charge in [0, 0.05) is 98.9 Å². The fraction of sp³-hybridized carbons (Fsp3) is 0.905. The summed E-state index contributed by atoms with van der Waals surface area (Å²) in [7, 11) is 3.25. The summed E-state index contributed by atoms with van der Waals surface area (Å²) < 4.78 is 32.4. The third kappa shape index (κ3) is 19.7. The molecule has 3 saturated heterocycles. The first kappa shape index (κ1) is 58.7. The minimum Gasteiger partial charge on any atom is -0.394 e. The number of hydrogen-bond donors (Lipinski definition) is 10. The molecule has 0 aromatic heterocycles. The number of nitrogens with one attached hydrogen (secondary N) is 2. The summed E-state index contributed by atoms with van der Waals surface area (Å²) in [5.74, 6) is -0.555. The Morgan fingerprint density at radius 1 is 0.656 bits per heavy atom. The molecular weight excluding hydrogens is 923 g/mol. The first-order valence-electron chi connectivity index (χ1n) is 22.5. The Balaban J connectivity index is 0.0000141. The second-order valence-electron chi connectivity index (χ2n) is 16.6. The summed E-state index contributed by atoms with van der Waals surface area (Å²) in [5, 5.41) is 84.4. The van der Waals surface area contributed by atoms with E-state index in [1.54, 1.807) is 14.2 Å². The monoisotopic (exact) mass is 998 g/mol. The van der Waals surface area contributed by atoms with Crippen molar-refractivity contribution in [1.82, 2.24) is 15.5 Å². The van der Waals surface area contributed by atoms with E-state index in [2.05, 4.69) is 10.6 Å². The van der Waals surface area contributed by atoms with Crippen molar-refractivity contribution < 1.29 is 121 Å². The maximum Gasteiger partial charge on any atom is 0.222 e. The molecule has 22 heteroatoms. The maximum absolute atomic E-state index is 13.4. The van der Waals surface area contributed by atoms with Crippen molar-refractivity contribution in [3.8, 4) is 0 Å². The van der Waals surface area contributed by atoms with E-state index in [1.165, 1.54) is 0 Å². The van der Waals surface area contributed by atoms with Gasteiger partial charge in [-0.2, -0.15) is 0 Å². The molecule has 0 spiro atoms. The molecule has 0 saturated carbocycles. The van der Waals surface area contributed by atoms with E-state index in [4.69, 9.17) is 28.4 Å². The first-order valence-corrected chi connectivity index (χ1v) is 22.5. The van der Waals surface area contributed by atoms with Gasteiger partial charge in [0.1, 0.15) is 48.8 Å². The van der Waals surface area contributed by atoms with Crippen molar-refractivity contribution in [3.63, 3.8) is 0 Å². The molecule has 0 aromatic carbocycles. The van der Waals surface area contributed by atoms with Gasteiger partial charge in [0.25, 0.3) is 0 Å². The average Bonchev–Trinajstić information content (AvgIpc) is 3.69. The summed E-state index contributed by atoms with van der Waals surface area (Å²) in [6.07, 6.45) is -6.17. The van der Waals surface area contributed by atoms with Crippen LogP contribution in [0, 0.1) is 0 Å². The van der Waals surface area contributed by atoms with Gasteiger partial charge in [0.2, 0.25) is 17.7 Å². The molecule has 11 unspecified atom stereocenters. The zero-order valence-corrected chi connectivity index (χ0v) is 40.3. The first-order chi connectivity index (χ1) is 30.3. The Kier molecular flexibility index (Phi) is 29.7. The van der Waals surface area contributed by atoms with E-state index in [0.29, 0.717) is 83.9 Å². The smallest absolute Gasteiger partial charge is 0.222 e. The van der Waals surface area contributed by atoms with Crippen molar-refractivity contribution in [1.29, 1.82) is 0 Å². The number of ether oxygens (including phenoxy) is 6. The number of carbonyl (C=O) groups is 4. The summed E-state index contributed by atoms with van der Waals surface area (Å²) in [5.41, 5.74) is 0. The average molecular weight is 999 g/mol. The number of rotatable bonds is 31. The van der Waals surface area contributed by atoms with Crippen LogP contribution in [0.15, 0.2) is 0 Å². The fourth-order valence-electron chi connectivity index (χ4n) is 7.90. The van der Waals surface area contributed by atoms with Crippen LogP contribution in [0.5, 0.6) is 0 Å². The summed E-state index contributed by atoms with van der Waals surface area (Å²) in [6, 6.07) is -0.738. The minimum absolute atomic E-state index is 0. The van der Waals surface area contributed by atoms with Crippen LogP contribution >= 0.6 is 0 Å². The number of aliphatic hydroxyl groups excluding tert-OH is 8. The van der Waals surface area contributed by atoms with Crippen LogP contribution in [-0.4, -0.2) is 209 Å². The van der Waals surface area contributed by atoms with E-state index in [1.807, 2.05) is 4.90 Å². The molecule has 3 amide bonds. The van der Waals surface area contributed by atoms with Crippen LogP contribution in [0.2, 0.25) is 0 Å². The zero-order chi connectivity index (χ0) is 46.3. The van der Waals surface area contributed by atoms with E-state index in [-0.39, 0.29) is 101 Å². The molecule has 0 aromatic rings. The molecule has 3 aliphatic heterocycles. The quantitative estimate of drug-likeness (QED) is 0.0333. The number of unbranched alkanes of at least 4 members (excludes halogenated alkanes) is 6. The Bertz CT molecular complexity index is 1340. The number of ketones is 1. The van der Waals surface area contributed by atoms with Gasteiger partial charge in [-0.25, -0.2) is 0 Å². The van der Waals surface area contributed by atoms with Gasteiger partial charge in [-0.1, -0.05) is 12.8 Å². The number of hydrogen-bond acceptors (Lipinski definition) is 18. The van der Waals surface area contributed by atoms with Gasteiger partial charge in [-0.15, -0.1) is 0 Å². The third-order valence-corrected chi connectivity index (χ3v) is 11.8. The SMILES string of the molecule is COC[C@@H]1C[C@@H](OC)CN1C(=O)CCCCCCC(=O)C(CCCCNC(=O)CCCCOC1OC(CO)C(O)C(O)C1O)NC(=O)CCCCOC1OC(CO)C(O)C(O)C1O.[Y]. The number of Topliss-reactive ketones (excluding diaryl/α,β-unsaturated/α-hetero) is 1. The number of likely N-dealkylation sites (tertiary alicyclic amines) is 1. The largest absolute Gasteiger partial charge is 0.394 e. The number of methoxy groups -OCH3 is 2. The van der Waals surface area contributed by atoms with Gasteiger partial charge >= 0.3 is 0 Å². The van der Waals surface area contributed by atoms with Crippen LogP contribution in [0.25, 0.3) is 0 Å². The van der Waals surface area contributed by atoms with Crippen molar-refractivity contribution in [2.45, 2.75) is 182 Å². The van der Waals surface area contributed by atoms with Crippen LogP contribution in [0.4, 0.5) is 0 Å². The molecule has 21 nitrogen and oxygen atoms in total. The third-order valence-electron chi connectivity index (χ3n) is 11.8. The van der Waals surface area contributed by atoms with Crippen LogP contribution in [-0.2, 0) is 80.3 Å². The Hall–Kier alpha value is -1.38. The van der Waals surface area contributed by atoms with Gasteiger partial charge in [-0.05, 0) is 64.2 Å². The van der Waals surface area contributed by atoms with Crippen LogP contribution in [0.1, 0.15) is 103 Å². The van der Waals surface area contributed by atoms with E-state index in [0.717, 1.165) is 19.3 Å². The van der Waals surface area contributed by atoms with Gasteiger partial charge in [-0.3, -0.25) is 19.2 Å². The predicted octanol–water partition coefficient (Wildman–Crippen LogP) is -2.10. The number of aliphatic hydroxyl groups is 8. The van der Waals surface area contributed by atoms with Crippen molar-refractivity contribution in [2.24, 2.45) is 0 Å². The fourth-order valence-corrected chi connectivity index (χ4v) is 7.90. The standard InChI is InChI=1S/C42H75N3O18.Y/c1-58-25-26-21-27(59-2)22-45(26)34(51)17-6-4-3-5-14-29(48)28(44-33(50)16-9-12-20-61-42-40(57)38(55)36(53)31(24-47)63-42)13-7-10-18-43-32(49)15-8-11-19-60-41-39(56)37(54)35(52)30(23-46)62-41;/h26-28,30-31,35-42,46-47,52-57H,3-25H2,1-2H3,(H,43,49)(H,44,50);/t26-,27+,28?,30?,31?,35?,36?,37?,38?,39?,40?,41?,42?;/m0./s1. The molecule has 13 atom stereocenters. The number of nitrogens with zero attached hydrogens (tertiary/aromatic N) is 1. The summed E-state index contributed by atoms with van der Waals surface area (Å²) in [4.78, 5) is 53.6. The molecule has 3 rings (SSSR count). The zero-order valence-electron chi connectivity index (χ0n) is 37.5. The van der Waals surface area contributed by atoms with E-state index >= 15 is 0 Å². The minimum atomic E-state index is -1.56. The second kappa shape index (κ2) is 32.4. The summed E-state index contributed by atoms with van der Waals surface area (Å²) in [6.45, 7) is 0.385. The molecule has 0 bridgehead atoms. The Morgan fingerprint density at radius 2 is 1.19 bits per heavy atom. The number of amides is 3. The van der Waals surface area contributed by atoms with Gasteiger partial charge < -0.3 is 84.8 Å². The molecule has 369 valence electrons. The second-order valence-corrected chi connectivity index (χ2v) is 16.6. The molecule has 10 N–H and O–H groups in total. The van der Waals surface area contributed by atoms with Crippen LogP contribution < -0.4 is 10.6 Å². The molecular formula is C42H75N3O18Y.